The third kappa shape index (κ3) is 7.58. The van der Waals surface area contributed by atoms with Crippen molar-refractivity contribution in [3.63, 3.8) is 0 Å². The highest BCUT2D eigenvalue weighted by Crippen LogP contribution is 2.29. The Kier molecular flexibility index (Phi) is 8.56. The number of rotatable bonds is 8. The van der Waals surface area contributed by atoms with Gasteiger partial charge in [0.2, 0.25) is 0 Å². The van der Waals surface area contributed by atoms with Crippen molar-refractivity contribution in [1.29, 1.82) is 0 Å². The van der Waals surface area contributed by atoms with Crippen LogP contribution in [-0.2, 0) is 18.9 Å². The zero-order valence-electron chi connectivity index (χ0n) is 17.1. The summed E-state index contributed by atoms with van der Waals surface area (Å²) in [5.74, 6) is 0.735. The minimum atomic E-state index is -4.36. The molecule has 0 atom stereocenters. The molecule has 0 aliphatic carbocycles. The highest BCUT2D eigenvalue weighted by atomic mass is 19.4. The van der Waals surface area contributed by atoms with Crippen molar-refractivity contribution in [3.05, 3.63) is 42.0 Å². The molecule has 0 aromatic heterocycles. The normalized spacial score (nSPS) is 28.0. The summed E-state index contributed by atoms with van der Waals surface area (Å²) >= 11 is 0. The SMILES string of the molecule is CC/C=C/C1COC(CC[C@H]2CO[C@H](c3ccc(OCC(F)(F)F)cc3)OC2)OC1. The Labute approximate surface area is 175 Å². The summed E-state index contributed by atoms with van der Waals surface area (Å²) in [7, 11) is 0. The molecule has 0 unspecified atom stereocenters. The molecule has 168 valence electrons. The largest absolute Gasteiger partial charge is 0.484 e. The smallest absolute Gasteiger partial charge is 0.422 e. The van der Waals surface area contributed by atoms with Gasteiger partial charge < -0.3 is 23.7 Å². The van der Waals surface area contributed by atoms with E-state index in [1.165, 1.54) is 12.1 Å². The molecule has 3 rings (SSSR count). The minimum Gasteiger partial charge on any atom is -0.484 e. The standard InChI is InChI=1S/C22H29F3O5/c1-2-3-4-16-11-26-20(27-12-16)10-5-17-13-28-21(29-14-17)18-6-8-19(9-7-18)30-15-22(23,24)25/h3-4,6-9,16-17,20-21H,2,5,10-15H2,1H3/b4-3+/t16?,17-,20?,21-. The van der Waals surface area contributed by atoms with Gasteiger partial charge in [-0.25, -0.2) is 0 Å². The van der Waals surface area contributed by atoms with Gasteiger partial charge in [0.1, 0.15) is 5.75 Å². The molecule has 2 fully saturated rings. The van der Waals surface area contributed by atoms with Gasteiger partial charge >= 0.3 is 6.18 Å². The van der Waals surface area contributed by atoms with Crippen LogP contribution in [-0.4, -0.2) is 45.5 Å². The quantitative estimate of drug-likeness (QED) is 0.542. The molecule has 1 aromatic rings. The highest BCUT2D eigenvalue weighted by molar-refractivity contribution is 5.28. The Hall–Kier alpha value is -1.61. The molecular formula is C22H29F3O5. The Morgan fingerprint density at radius 2 is 1.63 bits per heavy atom. The number of allylic oxidation sites excluding steroid dienone is 1. The first-order valence-corrected chi connectivity index (χ1v) is 10.4. The third-order valence-electron chi connectivity index (χ3n) is 4.97. The molecule has 2 saturated heterocycles. The van der Waals surface area contributed by atoms with Crippen molar-refractivity contribution >= 4 is 0 Å². The molecule has 2 aliphatic rings. The minimum absolute atomic E-state index is 0.157. The van der Waals surface area contributed by atoms with Crippen molar-refractivity contribution in [2.24, 2.45) is 11.8 Å². The van der Waals surface area contributed by atoms with Crippen molar-refractivity contribution in [2.75, 3.05) is 33.0 Å². The fourth-order valence-electron chi connectivity index (χ4n) is 3.32. The van der Waals surface area contributed by atoms with Crippen molar-refractivity contribution in [2.45, 2.75) is 44.9 Å². The van der Waals surface area contributed by atoms with Crippen molar-refractivity contribution in [1.82, 2.24) is 0 Å². The maximum absolute atomic E-state index is 12.2. The van der Waals surface area contributed by atoms with Crippen LogP contribution in [0.3, 0.4) is 0 Å². The Balaban J connectivity index is 1.34. The van der Waals surface area contributed by atoms with Gasteiger partial charge in [-0.05, 0) is 31.4 Å². The van der Waals surface area contributed by atoms with Gasteiger partial charge in [-0.3, -0.25) is 0 Å². The molecule has 30 heavy (non-hydrogen) atoms. The summed E-state index contributed by atoms with van der Waals surface area (Å²) in [6.45, 7) is 3.25. The number of ether oxygens (including phenoxy) is 5. The zero-order valence-corrected chi connectivity index (χ0v) is 17.1. The van der Waals surface area contributed by atoms with Crippen LogP contribution < -0.4 is 4.74 Å². The van der Waals surface area contributed by atoms with Crippen molar-refractivity contribution < 1.29 is 36.9 Å². The molecule has 0 bridgehead atoms. The third-order valence-corrected chi connectivity index (χ3v) is 4.97. The Morgan fingerprint density at radius 3 is 2.23 bits per heavy atom. The van der Waals surface area contributed by atoms with E-state index in [0.29, 0.717) is 32.3 Å². The van der Waals surface area contributed by atoms with E-state index in [4.69, 9.17) is 23.7 Å². The zero-order chi connectivity index (χ0) is 21.4. The summed E-state index contributed by atoms with van der Waals surface area (Å²) in [6.07, 6.45) is 1.89. The lowest BCUT2D eigenvalue weighted by atomic mass is 10.0. The molecule has 2 aliphatic heterocycles. The summed E-state index contributed by atoms with van der Waals surface area (Å²) < 4.78 is 64.5. The van der Waals surface area contributed by atoms with Gasteiger partial charge in [0.15, 0.2) is 19.2 Å². The topological polar surface area (TPSA) is 46.2 Å². The first-order valence-electron chi connectivity index (χ1n) is 10.4. The van der Waals surface area contributed by atoms with E-state index in [1.807, 2.05) is 0 Å². The fraction of sp³-hybridized carbons (Fsp3) is 0.636. The van der Waals surface area contributed by atoms with Gasteiger partial charge in [0, 0.05) is 17.4 Å². The second-order valence-electron chi connectivity index (χ2n) is 7.61. The summed E-state index contributed by atoms with van der Waals surface area (Å²) in [6, 6.07) is 6.29. The van der Waals surface area contributed by atoms with E-state index in [9.17, 15) is 13.2 Å². The van der Waals surface area contributed by atoms with Gasteiger partial charge in [0.05, 0.1) is 26.4 Å². The van der Waals surface area contributed by atoms with Crippen LogP contribution in [0, 0.1) is 11.8 Å². The van der Waals surface area contributed by atoms with Crippen LogP contribution in [0.1, 0.15) is 38.0 Å². The number of hydrogen-bond donors (Lipinski definition) is 0. The molecule has 0 radical (unpaired) electrons. The Morgan fingerprint density at radius 1 is 0.967 bits per heavy atom. The highest BCUT2D eigenvalue weighted by Gasteiger charge is 2.29. The summed E-state index contributed by atoms with van der Waals surface area (Å²) in [5, 5.41) is 0. The van der Waals surface area contributed by atoms with E-state index >= 15 is 0 Å². The maximum atomic E-state index is 12.2. The summed E-state index contributed by atoms with van der Waals surface area (Å²) in [5.41, 5.74) is 0.748. The average Bonchev–Trinajstić information content (AvgIpc) is 2.76. The van der Waals surface area contributed by atoms with Gasteiger partial charge in [-0.2, -0.15) is 13.2 Å². The number of hydrogen-bond acceptors (Lipinski definition) is 5. The average molecular weight is 430 g/mol. The molecule has 8 heteroatoms. The lowest BCUT2D eigenvalue weighted by molar-refractivity contribution is -0.217. The second kappa shape index (κ2) is 11.1. The lowest BCUT2D eigenvalue weighted by Gasteiger charge is -2.32. The van der Waals surface area contributed by atoms with E-state index in [2.05, 4.69) is 19.1 Å². The summed E-state index contributed by atoms with van der Waals surface area (Å²) in [4.78, 5) is 0. The number of halogens is 3. The predicted octanol–water partition coefficient (Wildman–Crippen LogP) is 5.02. The maximum Gasteiger partial charge on any atom is 0.422 e. The molecule has 0 saturated carbocycles. The van der Waals surface area contributed by atoms with Crippen molar-refractivity contribution in [3.8, 4) is 5.75 Å². The van der Waals surface area contributed by atoms with Crippen LogP contribution in [0.25, 0.3) is 0 Å². The van der Waals surface area contributed by atoms with E-state index in [0.717, 1.165) is 24.8 Å². The van der Waals surface area contributed by atoms with E-state index < -0.39 is 19.1 Å². The monoisotopic (exact) mass is 430 g/mol. The molecule has 5 nitrogen and oxygen atoms in total. The van der Waals surface area contributed by atoms with Crippen LogP contribution in [0.2, 0.25) is 0 Å². The molecule has 0 amide bonds. The number of benzene rings is 1. The number of alkyl halides is 3. The van der Waals surface area contributed by atoms with Crippen LogP contribution in [0.4, 0.5) is 13.2 Å². The molecule has 0 N–H and O–H groups in total. The second-order valence-corrected chi connectivity index (χ2v) is 7.61. The fourth-order valence-corrected chi connectivity index (χ4v) is 3.32. The predicted molar refractivity (Wildman–Crippen MR) is 104 cm³/mol. The van der Waals surface area contributed by atoms with Crippen LogP contribution in [0.15, 0.2) is 36.4 Å². The molecule has 0 spiro atoms. The lowest BCUT2D eigenvalue weighted by Crippen LogP contribution is -2.33. The van der Waals surface area contributed by atoms with Gasteiger partial charge in [-0.15, -0.1) is 0 Å². The van der Waals surface area contributed by atoms with Gasteiger partial charge in [0.25, 0.3) is 0 Å². The van der Waals surface area contributed by atoms with E-state index in [1.54, 1.807) is 12.1 Å². The molecular weight excluding hydrogens is 401 g/mol. The molecule has 1 aromatic carbocycles. The first-order chi connectivity index (χ1) is 14.4. The van der Waals surface area contributed by atoms with Crippen LogP contribution >= 0.6 is 0 Å². The van der Waals surface area contributed by atoms with Crippen LogP contribution in [0.5, 0.6) is 5.75 Å². The van der Waals surface area contributed by atoms with E-state index in [-0.39, 0.29) is 18.0 Å². The Bertz CT molecular complexity index is 646. The molecule has 2 heterocycles. The van der Waals surface area contributed by atoms with Gasteiger partial charge in [-0.1, -0.05) is 31.2 Å². The first kappa shape index (κ1) is 23.1.